The molecule has 1 saturated heterocycles. The van der Waals surface area contributed by atoms with Crippen LogP contribution in [0.2, 0.25) is 0 Å². The zero-order chi connectivity index (χ0) is 22.6. The maximum Gasteiger partial charge on any atom is 0.453 e. The molecule has 0 saturated carbocycles. The van der Waals surface area contributed by atoms with Gasteiger partial charge in [-0.15, -0.1) is 5.10 Å². The van der Waals surface area contributed by atoms with E-state index in [2.05, 4.69) is 26.2 Å². The summed E-state index contributed by atoms with van der Waals surface area (Å²) in [4.78, 5) is 0. The van der Waals surface area contributed by atoms with Gasteiger partial charge in [-0.3, -0.25) is 5.32 Å². The second-order valence-corrected chi connectivity index (χ2v) is 7.49. The number of benzene rings is 2. The highest BCUT2D eigenvalue weighted by Gasteiger charge is 2.48. The van der Waals surface area contributed by atoms with Crippen LogP contribution in [0, 0.1) is 0 Å². The molecule has 1 fully saturated rings. The first-order valence-corrected chi connectivity index (χ1v) is 10.1. The molecule has 0 aliphatic carbocycles. The number of nitrogens with one attached hydrogen (secondary N) is 2. The summed E-state index contributed by atoms with van der Waals surface area (Å²) >= 11 is 0. The Morgan fingerprint density at radius 3 is 2.44 bits per heavy atom. The van der Waals surface area contributed by atoms with E-state index in [9.17, 15) is 17.6 Å². The van der Waals surface area contributed by atoms with Gasteiger partial charge in [0.1, 0.15) is 0 Å². The average molecular weight is 450 g/mol. The first kappa shape index (κ1) is 22.3. The molecule has 1 aliphatic heterocycles. The average Bonchev–Trinajstić information content (AvgIpc) is 3.30. The molecule has 4 rings (SSSR count). The molecular weight excluding hydrogens is 428 g/mol. The molecule has 2 N–H and O–H groups in total. The Balaban J connectivity index is 1.67. The Bertz CT molecular complexity index is 1000. The number of rotatable bonds is 7. The number of tetrazole rings is 1. The second kappa shape index (κ2) is 9.31. The molecule has 3 aromatic rings. The highest BCUT2D eigenvalue weighted by atomic mass is 19.4. The number of alkyl halides is 4. The Kier molecular flexibility index (Phi) is 6.49. The van der Waals surface area contributed by atoms with Gasteiger partial charge in [0.2, 0.25) is 0 Å². The van der Waals surface area contributed by atoms with E-state index < -0.39 is 36.7 Å². The van der Waals surface area contributed by atoms with Gasteiger partial charge < -0.3 is 10.1 Å². The summed E-state index contributed by atoms with van der Waals surface area (Å²) in [6.07, 6.45) is -4.53. The Morgan fingerprint density at radius 1 is 1.09 bits per heavy atom. The van der Waals surface area contributed by atoms with Crippen molar-refractivity contribution in [2.75, 3.05) is 13.4 Å². The maximum absolute atomic E-state index is 13.6. The van der Waals surface area contributed by atoms with Crippen molar-refractivity contribution in [3.05, 3.63) is 77.6 Å². The summed E-state index contributed by atoms with van der Waals surface area (Å²) < 4.78 is 60.0. The zero-order valence-corrected chi connectivity index (χ0v) is 17.0. The van der Waals surface area contributed by atoms with Gasteiger partial charge in [0.05, 0.1) is 12.1 Å². The van der Waals surface area contributed by atoms with Gasteiger partial charge in [-0.2, -0.15) is 13.2 Å². The van der Waals surface area contributed by atoms with Crippen LogP contribution >= 0.6 is 0 Å². The van der Waals surface area contributed by atoms with E-state index in [0.29, 0.717) is 12.1 Å². The number of hydrogen-bond donors (Lipinski definition) is 2. The van der Waals surface area contributed by atoms with Gasteiger partial charge in [0.15, 0.2) is 12.6 Å². The zero-order valence-electron chi connectivity index (χ0n) is 17.0. The quantitative estimate of drug-likeness (QED) is 0.539. The highest BCUT2D eigenvalue weighted by molar-refractivity contribution is 5.26. The molecule has 32 heavy (non-hydrogen) atoms. The molecule has 2 heterocycles. The third kappa shape index (κ3) is 4.50. The summed E-state index contributed by atoms with van der Waals surface area (Å²) in [5.41, 5.74) is 0.345. The monoisotopic (exact) mass is 450 g/mol. The topological polar surface area (TPSA) is 76.9 Å². The molecule has 2 unspecified atom stereocenters. The molecule has 0 radical (unpaired) electrons. The van der Waals surface area contributed by atoms with Gasteiger partial charge >= 0.3 is 6.18 Å². The summed E-state index contributed by atoms with van der Waals surface area (Å²) in [6.45, 7) is -0.618. The largest absolute Gasteiger partial charge is 0.453 e. The third-order valence-electron chi connectivity index (χ3n) is 5.57. The minimum absolute atomic E-state index is 0.0481. The Hall–Kier alpha value is -2.89. The predicted molar refractivity (Wildman–Crippen MR) is 107 cm³/mol. The molecule has 1 aromatic heterocycles. The fraction of sp³-hybridized carbons (Fsp3) is 0.381. The summed E-state index contributed by atoms with van der Waals surface area (Å²) in [6, 6.07) is 17.2. The first-order chi connectivity index (χ1) is 15.4. The summed E-state index contributed by atoms with van der Waals surface area (Å²) in [5.74, 6) is -1.18. The number of ether oxygens (including phenoxy) is 1. The van der Waals surface area contributed by atoms with Gasteiger partial charge in [0, 0.05) is 18.7 Å². The van der Waals surface area contributed by atoms with Crippen LogP contribution in [-0.4, -0.2) is 39.7 Å². The van der Waals surface area contributed by atoms with Gasteiger partial charge in [-0.1, -0.05) is 60.7 Å². The fourth-order valence-corrected chi connectivity index (χ4v) is 4.10. The van der Waals surface area contributed by atoms with Crippen molar-refractivity contribution < 1.29 is 22.3 Å². The second-order valence-electron chi connectivity index (χ2n) is 7.49. The van der Waals surface area contributed by atoms with Crippen LogP contribution < -0.4 is 10.6 Å². The molecule has 7 nitrogen and oxygen atoms in total. The first-order valence-electron chi connectivity index (χ1n) is 10.1. The van der Waals surface area contributed by atoms with Crippen molar-refractivity contribution in [3.63, 3.8) is 0 Å². The lowest BCUT2D eigenvalue weighted by atomic mass is 9.85. The van der Waals surface area contributed by atoms with Crippen molar-refractivity contribution in [3.8, 4) is 0 Å². The number of aromatic nitrogens is 4. The van der Waals surface area contributed by atoms with Crippen LogP contribution in [0.4, 0.5) is 17.6 Å². The number of halogens is 4. The van der Waals surface area contributed by atoms with Crippen LogP contribution in [-0.2, 0) is 23.2 Å². The van der Waals surface area contributed by atoms with E-state index in [1.165, 1.54) is 0 Å². The van der Waals surface area contributed by atoms with Crippen LogP contribution in [0.25, 0.3) is 0 Å². The minimum atomic E-state index is -4.69. The van der Waals surface area contributed by atoms with Crippen LogP contribution in [0.1, 0.15) is 29.4 Å². The summed E-state index contributed by atoms with van der Waals surface area (Å²) in [7, 11) is 0. The van der Waals surface area contributed by atoms with E-state index in [1.807, 2.05) is 36.4 Å². The molecule has 0 spiro atoms. The van der Waals surface area contributed by atoms with Crippen molar-refractivity contribution in [2.45, 2.75) is 37.0 Å². The van der Waals surface area contributed by atoms with Crippen molar-refractivity contribution in [1.82, 2.24) is 30.8 Å². The van der Waals surface area contributed by atoms with Crippen molar-refractivity contribution in [2.24, 2.45) is 0 Å². The highest BCUT2D eigenvalue weighted by Crippen LogP contribution is 2.37. The smallest absolute Gasteiger partial charge is 0.324 e. The molecule has 1 aliphatic rings. The van der Waals surface area contributed by atoms with Gasteiger partial charge in [-0.25, -0.2) is 9.07 Å². The number of hydrogen-bond acceptors (Lipinski definition) is 6. The summed E-state index contributed by atoms with van der Waals surface area (Å²) in [5, 5.41) is 16.4. The normalized spacial score (nSPS) is 23.9. The van der Waals surface area contributed by atoms with E-state index in [4.69, 9.17) is 4.74 Å². The van der Waals surface area contributed by atoms with E-state index in [1.54, 1.807) is 24.3 Å². The number of piperidine rings is 1. The Morgan fingerprint density at radius 2 is 1.78 bits per heavy atom. The van der Waals surface area contributed by atoms with E-state index in [0.717, 1.165) is 10.2 Å². The molecule has 3 atom stereocenters. The lowest BCUT2D eigenvalue weighted by molar-refractivity contribution is -0.158. The molecule has 170 valence electrons. The van der Waals surface area contributed by atoms with Gasteiger partial charge in [-0.05, 0) is 22.4 Å². The molecule has 0 bridgehead atoms. The van der Waals surface area contributed by atoms with E-state index >= 15 is 0 Å². The Labute approximate surface area is 181 Å². The van der Waals surface area contributed by atoms with Crippen LogP contribution in [0.3, 0.4) is 0 Å². The minimum Gasteiger partial charge on any atom is -0.324 e. The van der Waals surface area contributed by atoms with Crippen molar-refractivity contribution >= 4 is 0 Å². The predicted octanol–water partition coefficient (Wildman–Crippen LogP) is 3.18. The lowest BCUT2D eigenvalue weighted by Crippen LogP contribution is -2.64. The molecule has 11 heteroatoms. The van der Waals surface area contributed by atoms with Crippen LogP contribution in [0.5, 0.6) is 0 Å². The molecular formula is C21H22F4N6O. The van der Waals surface area contributed by atoms with Crippen LogP contribution in [0.15, 0.2) is 60.7 Å². The van der Waals surface area contributed by atoms with Gasteiger partial charge in [0.25, 0.3) is 5.82 Å². The number of nitrogens with zero attached hydrogens (tertiary/aromatic N) is 4. The standard InChI is InChI=1S/C21H22F4N6O/c22-14-32-20(16-9-5-2-6-10-16)18(26-12-15-7-3-1-4-8-15)11-17(13-27-20)31-19(21(23,24)25)28-29-30-31/h1-10,17-18,26-27H,11-14H2/t17?,18?,20-/m0/s1. The maximum atomic E-state index is 13.6. The van der Waals surface area contributed by atoms with Crippen molar-refractivity contribution in [1.29, 1.82) is 0 Å². The SMILES string of the molecule is FCO[C@]1(c2ccccc2)NCC(n2nnnc2C(F)(F)F)CC1NCc1ccccc1. The lowest BCUT2D eigenvalue weighted by Gasteiger charge is -2.47. The fourth-order valence-electron chi connectivity index (χ4n) is 4.10. The van der Waals surface area contributed by atoms with E-state index in [-0.39, 0.29) is 13.0 Å². The molecule has 0 amide bonds. The molecule has 2 aromatic carbocycles. The third-order valence-corrected chi connectivity index (χ3v) is 5.57.